The van der Waals surface area contributed by atoms with Crippen molar-refractivity contribution in [3.05, 3.63) is 36.5 Å². The van der Waals surface area contributed by atoms with Crippen molar-refractivity contribution >= 4 is 19.8 Å². The largest absolute Gasteiger partial charge is 0.756 e. The number of hydrogen-bond donors (Lipinski definition) is 0. The lowest BCUT2D eigenvalue weighted by Crippen LogP contribution is -2.37. The van der Waals surface area contributed by atoms with Crippen LogP contribution in [0.25, 0.3) is 0 Å². The summed E-state index contributed by atoms with van der Waals surface area (Å²) in [5.74, 6) is -0.871. The van der Waals surface area contributed by atoms with E-state index in [1.54, 1.807) is 0 Å². The molecule has 0 saturated carbocycles. The van der Waals surface area contributed by atoms with Crippen LogP contribution in [0.2, 0.25) is 0 Å². The smallest absolute Gasteiger partial charge is 0.306 e. The van der Waals surface area contributed by atoms with Gasteiger partial charge in [-0.25, -0.2) is 0 Å². The van der Waals surface area contributed by atoms with Gasteiger partial charge in [-0.3, -0.25) is 14.2 Å². The van der Waals surface area contributed by atoms with Gasteiger partial charge in [0, 0.05) is 12.8 Å². The van der Waals surface area contributed by atoms with Gasteiger partial charge in [-0.05, 0) is 70.6 Å². The van der Waals surface area contributed by atoms with Crippen molar-refractivity contribution in [2.45, 2.75) is 174 Å². The second kappa shape index (κ2) is 35.0. The normalized spacial score (nSPS) is 14.0. The minimum absolute atomic E-state index is 0.0363. The van der Waals surface area contributed by atoms with Gasteiger partial charge in [0.1, 0.15) is 19.8 Å². The third-order valence-corrected chi connectivity index (χ3v) is 9.60. The third-order valence-electron chi connectivity index (χ3n) is 8.63. The lowest BCUT2D eigenvalue weighted by molar-refractivity contribution is -0.870. The van der Waals surface area contributed by atoms with Crippen LogP contribution in [0.5, 0.6) is 0 Å². The average molecular weight is 756 g/mol. The number of quaternary nitrogens is 1. The SMILES string of the molecule is CCCCC/C=C\C/C=C\CCCCCCCC(=O)OC(COC(=O)CCCCC/C=C\CCCCCCCC)COP(=O)([O-])OCC[N+](C)(C)C. The number of carbonyl (C=O) groups excluding carboxylic acids is 2. The number of allylic oxidation sites excluding steroid dienone is 6. The maximum absolute atomic E-state index is 12.6. The Bertz CT molecular complexity index is 991. The predicted octanol–water partition coefficient (Wildman–Crippen LogP) is 10.7. The number of carbonyl (C=O) groups is 2. The van der Waals surface area contributed by atoms with Crippen LogP contribution in [0.1, 0.15) is 168 Å². The molecule has 0 aromatic heterocycles. The first-order valence-electron chi connectivity index (χ1n) is 20.7. The van der Waals surface area contributed by atoms with Crippen LogP contribution in [0.3, 0.4) is 0 Å². The van der Waals surface area contributed by atoms with E-state index in [1.807, 2.05) is 21.1 Å². The van der Waals surface area contributed by atoms with E-state index in [0.29, 0.717) is 23.9 Å². The second-order valence-electron chi connectivity index (χ2n) is 15.0. The number of nitrogens with zero attached hydrogens (tertiary/aromatic N) is 1. The summed E-state index contributed by atoms with van der Waals surface area (Å²) in [5, 5.41) is 0. The Labute approximate surface area is 319 Å². The van der Waals surface area contributed by atoms with E-state index >= 15 is 0 Å². The Morgan fingerprint density at radius 2 is 1.04 bits per heavy atom. The molecule has 52 heavy (non-hydrogen) atoms. The van der Waals surface area contributed by atoms with Crippen LogP contribution in [-0.4, -0.2) is 70.0 Å². The summed E-state index contributed by atoms with van der Waals surface area (Å²) in [4.78, 5) is 37.4. The summed E-state index contributed by atoms with van der Waals surface area (Å²) in [5.41, 5.74) is 0. The molecule has 0 aliphatic carbocycles. The predicted molar refractivity (Wildman–Crippen MR) is 213 cm³/mol. The first-order valence-corrected chi connectivity index (χ1v) is 22.2. The van der Waals surface area contributed by atoms with Gasteiger partial charge in [-0.15, -0.1) is 0 Å². The molecule has 0 spiro atoms. The fourth-order valence-electron chi connectivity index (χ4n) is 5.32. The van der Waals surface area contributed by atoms with E-state index in [4.69, 9.17) is 18.5 Å². The highest BCUT2D eigenvalue weighted by Gasteiger charge is 2.21. The Kier molecular flexibility index (Phi) is 33.8. The Morgan fingerprint density at radius 1 is 0.596 bits per heavy atom. The van der Waals surface area contributed by atoms with E-state index in [2.05, 4.69) is 50.3 Å². The summed E-state index contributed by atoms with van der Waals surface area (Å²) >= 11 is 0. The third kappa shape index (κ3) is 38.0. The molecule has 0 aliphatic heterocycles. The van der Waals surface area contributed by atoms with Gasteiger partial charge in [0.2, 0.25) is 0 Å². The van der Waals surface area contributed by atoms with Gasteiger partial charge in [-0.2, -0.15) is 0 Å². The molecule has 0 rings (SSSR count). The summed E-state index contributed by atoms with van der Waals surface area (Å²) in [6.45, 7) is 4.14. The molecule has 0 bridgehead atoms. The number of phosphoric ester groups is 1. The van der Waals surface area contributed by atoms with Crippen LogP contribution >= 0.6 is 7.82 Å². The Balaban J connectivity index is 4.45. The molecule has 0 aliphatic rings. The molecule has 2 unspecified atom stereocenters. The highest BCUT2D eigenvalue weighted by atomic mass is 31.2. The maximum Gasteiger partial charge on any atom is 0.306 e. The van der Waals surface area contributed by atoms with Crippen molar-refractivity contribution in [2.75, 3.05) is 47.5 Å². The van der Waals surface area contributed by atoms with Crippen molar-refractivity contribution in [3.8, 4) is 0 Å². The summed E-state index contributed by atoms with van der Waals surface area (Å²) in [7, 11) is 1.14. The first-order chi connectivity index (χ1) is 25.0. The Hall–Kier alpha value is -1.77. The van der Waals surface area contributed by atoms with Gasteiger partial charge >= 0.3 is 11.9 Å². The fourth-order valence-corrected chi connectivity index (χ4v) is 6.05. The molecule has 0 fully saturated rings. The number of hydrogen-bond acceptors (Lipinski definition) is 8. The van der Waals surface area contributed by atoms with Gasteiger partial charge in [0.05, 0.1) is 27.7 Å². The van der Waals surface area contributed by atoms with Crippen LogP contribution in [0.15, 0.2) is 36.5 Å². The van der Waals surface area contributed by atoms with Crippen molar-refractivity contribution in [3.63, 3.8) is 0 Å². The van der Waals surface area contributed by atoms with Crippen LogP contribution < -0.4 is 4.89 Å². The summed E-state index contributed by atoms with van der Waals surface area (Å²) in [6.07, 6.45) is 37.4. The van der Waals surface area contributed by atoms with Crippen LogP contribution in [0, 0.1) is 0 Å². The molecule has 10 heteroatoms. The lowest BCUT2D eigenvalue weighted by Gasteiger charge is -2.28. The average Bonchev–Trinajstić information content (AvgIpc) is 3.09. The zero-order valence-electron chi connectivity index (χ0n) is 34.0. The van der Waals surface area contributed by atoms with E-state index < -0.39 is 32.5 Å². The van der Waals surface area contributed by atoms with E-state index in [1.165, 1.54) is 64.2 Å². The standard InChI is InChI=1S/C42H78NO8P/c1-6-8-10-12-14-16-18-20-21-23-25-27-29-31-33-35-42(45)51-40(39-50-52(46,47)49-37-36-43(3,4)5)38-48-41(44)34-32-30-28-26-24-22-19-17-15-13-11-9-7-2/h14,16,20-22,24,40H,6-13,15,17-19,23,25-39H2,1-5H3/b16-14-,21-20-,24-22-. The number of rotatable bonds is 37. The lowest BCUT2D eigenvalue weighted by atomic mass is 10.1. The van der Waals surface area contributed by atoms with E-state index in [-0.39, 0.29) is 26.1 Å². The monoisotopic (exact) mass is 756 g/mol. The van der Waals surface area contributed by atoms with Crippen molar-refractivity contribution in [2.24, 2.45) is 0 Å². The number of ether oxygens (including phenoxy) is 2. The minimum atomic E-state index is -4.63. The molecular formula is C42H78NO8P. The van der Waals surface area contributed by atoms with Crippen LogP contribution in [0.4, 0.5) is 0 Å². The van der Waals surface area contributed by atoms with E-state index in [0.717, 1.165) is 64.2 Å². The number of phosphoric acid groups is 1. The molecule has 0 amide bonds. The quantitative estimate of drug-likeness (QED) is 0.0203. The van der Waals surface area contributed by atoms with Gasteiger partial charge in [0.15, 0.2) is 6.10 Å². The summed E-state index contributed by atoms with van der Waals surface area (Å²) in [6, 6.07) is 0. The summed E-state index contributed by atoms with van der Waals surface area (Å²) < 4.78 is 33.8. The fraction of sp³-hybridized carbons (Fsp3) is 0.810. The molecule has 0 radical (unpaired) electrons. The van der Waals surface area contributed by atoms with Gasteiger partial charge in [-0.1, -0.05) is 121 Å². The second-order valence-corrected chi connectivity index (χ2v) is 16.4. The molecule has 0 saturated heterocycles. The molecule has 304 valence electrons. The molecule has 0 aromatic rings. The zero-order chi connectivity index (χ0) is 38.6. The number of esters is 2. The molecule has 0 N–H and O–H groups in total. The van der Waals surface area contributed by atoms with Gasteiger partial charge < -0.3 is 27.9 Å². The maximum atomic E-state index is 12.6. The van der Waals surface area contributed by atoms with Crippen molar-refractivity contribution < 1.29 is 42.1 Å². The highest BCUT2D eigenvalue weighted by Crippen LogP contribution is 2.38. The zero-order valence-corrected chi connectivity index (χ0v) is 34.9. The molecule has 2 atom stereocenters. The number of unbranched alkanes of at least 4 members (excludes halogenated alkanes) is 17. The molecular weight excluding hydrogens is 677 g/mol. The van der Waals surface area contributed by atoms with Crippen molar-refractivity contribution in [1.29, 1.82) is 0 Å². The van der Waals surface area contributed by atoms with E-state index in [9.17, 15) is 19.0 Å². The minimum Gasteiger partial charge on any atom is -0.756 e. The van der Waals surface area contributed by atoms with Crippen molar-refractivity contribution in [1.82, 2.24) is 0 Å². The Morgan fingerprint density at radius 3 is 1.60 bits per heavy atom. The van der Waals surface area contributed by atoms with Gasteiger partial charge in [0.25, 0.3) is 7.82 Å². The molecule has 9 nitrogen and oxygen atoms in total. The molecule has 0 aromatic carbocycles. The first kappa shape index (κ1) is 50.2. The topological polar surface area (TPSA) is 111 Å². The van der Waals surface area contributed by atoms with Crippen LogP contribution in [-0.2, 0) is 32.7 Å². The number of likely N-dealkylation sites (N-methyl/N-ethyl adjacent to an activating group) is 1. The molecule has 0 heterocycles. The highest BCUT2D eigenvalue weighted by molar-refractivity contribution is 7.45.